The van der Waals surface area contributed by atoms with Crippen molar-refractivity contribution in [3.8, 4) is 28.2 Å². The lowest BCUT2D eigenvalue weighted by Gasteiger charge is -2.08. The van der Waals surface area contributed by atoms with Crippen LogP contribution in [0, 0.1) is 0 Å². The van der Waals surface area contributed by atoms with Crippen molar-refractivity contribution in [2.75, 3.05) is 0 Å². The first kappa shape index (κ1) is 17.3. The van der Waals surface area contributed by atoms with E-state index in [0.29, 0.717) is 10.0 Å². The molecule has 0 N–H and O–H groups in total. The van der Waals surface area contributed by atoms with Gasteiger partial charge in [-0.3, -0.25) is 0 Å². The highest BCUT2D eigenvalue weighted by Crippen LogP contribution is 2.30. The van der Waals surface area contributed by atoms with Crippen molar-refractivity contribution in [3.63, 3.8) is 0 Å². The second-order valence-corrected chi connectivity index (χ2v) is 7.61. The maximum atomic E-state index is 6.05. The molecule has 128 valence electrons. The van der Waals surface area contributed by atoms with Gasteiger partial charge in [0, 0.05) is 25.6 Å². The minimum Gasteiger partial charge on any atom is -0.232 e. The molecule has 4 rings (SSSR count). The Morgan fingerprint density at radius 2 is 1.23 bits per heavy atom. The van der Waals surface area contributed by atoms with E-state index >= 15 is 0 Å². The Labute approximate surface area is 170 Å². The fourth-order valence-corrected chi connectivity index (χ4v) is 3.26. The summed E-state index contributed by atoms with van der Waals surface area (Å²) in [5, 5.41) is 6.25. The van der Waals surface area contributed by atoms with E-state index in [1.807, 2.05) is 77.5 Å². The molecule has 0 amide bonds. The summed E-state index contributed by atoms with van der Waals surface area (Å²) in [7, 11) is 0. The Morgan fingerprint density at radius 3 is 1.81 bits per heavy atom. The number of benzene rings is 3. The minimum atomic E-state index is 0.707. The van der Waals surface area contributed by atoms with Gasteiger partial charge in [0.2, 0.25) is 0 Å². The van der Waals surface area contributed by atoms with Crippen LogP contribution in [0.2, 0.25) is 10.0 Å². The number of aromatic nitrogens is 2. The van der Waals surface area contributed by atoms with Crippen LogP contribution < -0.4 is 0 Å². The summed E-state index contributed by atoms with van der Waals surface area (Å²) in [6.07, 6.45) is 0. The molecule has 26 heavy (non-hydrogen) atoms. The summed E-state index contributed by atoms with van der Waals surface area (Å²) in [5.41, 5.74) is 4.92. The molecule has 0 spiro atoms. The Bertz CT molecular complexity index is 974. The van der Waals surface area contributed by atoms with Crippen LogP contribution in [0.4, 0.5) is 0 Å². The van der Waals surface area contributed by atoms with Crippen LogP contribution in [-0.4, -0.2) is 9.78 Å². The van der Waals surface area contributed by atoms with Gasteiger partial charge in [-0.1, -0.05) is 63.4 Å². The van der Waals surface area contributed by atoms with Gasteiger partial charge in [-0.2, -0.15) is 5.10 Å². The van der Waals surface area contributed by atoms with E-state index in [9.17, 15) is 0 Å². The van der Waals surface area contributed by atoms with Gasteiger partial charge in [-0.15, -0.1) is 0 Å². The third kappa shape index (κ3) is 3.56. The van der Waals surface area contributed by atoms with Crippen molar-refractivity contribution in [2.45, 2.75) is 0 Å². The van der Waals surface area contributed by atoms with Crippen LogP contribution in [-0.2, 0) is 0 Å². The van der Waals surface area contributed by atoms with Gasteiger partial charge in [0.25, 0.3) is 0 Å². The molecule has 1 heterocycles. The van der Waals surface area contributed by atoms with E-state index in [1.165, 1.54) is 0 Å². The van der Waals surface area contributed by atoms with E-state index in [2.05, 4.69) is 22.0 Å². The number of hydrogen-bond donors (Lipinski definition) is 0. The third-order valence-corrected chi connectivity index (χ3v) is 5.09. The third-order valence-electron chi connectivity index (χ3n) is 4.06. The van der Waals surface area contributed by atoms with E-state index < -0.39 is 0 Å². The smallest absolute Gasteiger partial charge is 0.0934 e. The normalized spacial score (nSPS) is 10.9. The Morgan fingerprint density at radius 1 is 0.692 bits per heavy atom. The molecule has 0 saturated carbocycles. The lowest BCUT2D eigenvalue weighted by atomic mass is 10.1. The quantitative estimate of drug-likeness (QED) is 0.325. The molecule has 0 atom stereocenters. The highest BCUT2D eigenvalue weighted by atomic mass is 79.9. The molecule has 1 aromatic heterocycles. The number of halogens is 3. The Balaban J connectivity index is 1.88. The van der Waals surface area contributed by atoms with Crippen LogP contribution in [0.15, 0.2) is 83.3 Å². The zero-order valence-corrected chi connectivity index (χ0v) is 16.6. The molecule has 0 saturated heterocycles. The lowest BCUT2D eigenvalue weighted by Crippen LogP contribution is -1.99. The lowest BCUT2D eigenvalue weighted by molar-refractivity contribution is 0.891. The second kappa shape index (κ2) is 7.28. The molecule has 2 nitrogen and oxygen atoms in total. The molecule has 0 radical (unpaired) electrons. The fourth-order valence-electron chi connectivity index (χ4n) is 2.75. The predicted octanol–water partition coefficient (Wildman–Crippen LogP) is 7.28. The summed E-state index contributed by atoms with van der Waals surface area (Å²) in [4.78, 5) is 0. The van der Waals surface area contributed by atoms with Gasteiger partial charge in [-0.25, -0.2) is 4.68 Å². The predicted molar refractivity (Wildman–Crippen MR) is 112 cm³/mol. The molecule has 0 unspecified atom stereocenters. The highest BCUT2D eigenvalue weighted by Gasteiger charge is 2.13. The minimum absolute atomic E-state index is 0.707. The number of nitrogens with zero attached hydrogens (tertiary/aromatic N) is 2. The van der Waals surface area contributed by atoms with Crippen molar-refractivity contribution >= 4 is 39.1 Å². The Kier molecular flexibility index (Phi) is 4.86. The molecule has 5 heteroatoms. The molecule has 0 bridgehead atoms. The summed E-state index contributed by atoms with van der Waals surface area (Å²) < 4.78 is 2.97. The average Bonchev–Trinajstić information content (AvgIpc) is 3.09. The maximum absolute atomic E-state index is 6.05. The summed E-state index contributed by atoms with van der Waals surface area (Å²) in [5.74, 6) is 0. The summed E-state index contributed by atoms with van der Waals surface area (Å²) >= 11 is 15.5. The molecular weight excluding hydrogens is 431 g/mol. The molecule has 0 aliphatic rings. The molecule has 0 aliphatic carbocycles. The first-order valence-electron chi connectivity index (χ1n) is 7.98. The van der Waals surface area contributed by atoms with Crippen LogP contribution in [0.5, 0.6) is 0 Å². The Hall–Kier alpha value is -2.07. The van der Waals surface area contributed by atoms with Crippen molar-refractivity contribution in [1.82, 2.24) is 9.78 Å². The van der Waals surface area contributed by atoms with Crippen molar-refractivity contribution in [1.29, 1.82) is 0 Å². The van der Waals surface area contributed by atoms with Gasteiger partial charge in [-0.05, 0) is 54.6 Å². The molecule has 3 aromatic carbocycles. The van der Waals surface area contributed by atoms with E-state index in [1.54, 1.807) is 0 Å². The van der Waals surface area contributed by atoms with Crippen LogP contribution in [0.1, 0.15) is 0 Å². The van der Waals surface area contributed by atoms with E-state index in [0.717, 1.165) is 32.7 Å². The van der Waals surface area contributed by atoms with Gasteiger partial charge in [0.1, 0.15) is 0 Å². The number of rotatable bonds is 3. The average molecular weight is 444 g/mol. The van der Waals surface area contributed by atoms with Crippen LogP contribution >= 0.6 is 39.1 Å². The topological polar surface area (TPSA) is 17.8 Å². The van der Waals surface area contributed by atoms with Gasteiger partial charge in [0.05, 0.1) is 17.1 Å². The summed E-state index contributed by atoms with van der Waals surface area (Å²) in [6, 6.07) is 25.6. The molecular formula is C21H13BrCl2N2. The van der Waals surface area contributed by atoms with Crippen molar-refractivity contribution in [3.05, 3.63) is 93.4 Å². The fraction of sp³-hybridized carbons (Fsp3) is 0. The largest absolute Gasteiger partial charge is 0.232 e. The van der Waals surface area contributed by atoms with Gasteiger partial charge >= 0.3 is 0 Å². The highest BCUT2D eigenvalue weighted by molar-refractivity contribution is 9.10. The van der Waals surface area contributed by atoms with Crippen LogP contribution in [0.3, 0.4) is 0 Å². The number of hydrogen-bond acceptors (Lipinski definition) is 1. The zero-order chi connectivity index (χ0) is 18.1. The van der Waals surface area contributed by atoms with Gasteiger partial charge < -0.3 is 0 Å². The monoisotopic (exact) mass is 442 g/mol. The van der Waals surface area contributed by atoms with E-state index in [-0.39, 0.29) is 0 Å². The van der Waals surface area contributed by atoms with Gasteiger partial charge in [0.15, 0.2) is 0 Å². The molecule has 4 aromatic rings. The SMILES string of the molecule is Clc1ccc(-c2cc(-c3ccc(Cl)cc3)n(-c3ccc(Br)cc3)n2)cc1. The first-order chi connectivity index (χ1) is 12.6. The molecule has 0 aliphatic heterocycles. The summed E-state index contributed by atoms with van der Waals surface area (Å²) in [6.45, 7) is 0. The van der Waals surface area contributed by atoms with Crippen molar-refractivity contribution in [2.24, 2.45) is 0 Å². The van der Waals surface area contributed by atoms with E-state index in [4.69, 9.17) is 28.3 Å². The molecule has 0 fully saturated rings. The zero-order valence-electron chi connectivity index (χ0n) is 13.5. The van der Waals surface area contributed by atoms with Crippen LogP contribution in [0.25, 0.3) is 28.2 Å². The maximum Gasteiger partial charge on any atom is 0.0934 e. The second-order valence-electron chi connectivity index (χ2n) is 5.82. The van der Waals surface area contributed by atoms with Crippen molar-refractivity contribution < 1.29 is 0 Å². The standard InChI is InChI=1S/C21H13BrCl2N2/c22-16-5-11-19(12-6-16)26-21(15-3-9-18(24)10-4-15)13-20(25-26)14-1-7-17(23)8-2-14/h1-13H. The first-order valence-corrected chi connectivity index (χ1v) is 9.53.